The number of benzene rings is 1. The van der Waals surface area contributed by atoms with E-state index in [1.54, 1.807) is 0 Å². The predicted octanol–water partition coefficient (Wildman–Crippen LogP) is 6.17. The number of hydrogen-bond acceptors (Lipinski definition) is 3. The lowest BCUT2D eigenvalue weighted by Crippen LogP contribution is -2.23. The van der Waals surface area contributed by atoms with Crippen LogP contribution in [-0.4, -0.2) is 22.6 Å². The van der Waals surface area contributed by atoms with Gasteiger partial charge in [0.15, 0.2) is 0 Å². The number of aliphatic carboxylic acids is 1. The molecule has 0 fully saturated rings. The number of carbonyl (C=O) groups is 2. The summed E-state index contributed by atoms with van der Waals surface area (Å²) in [5.74, 6) is -0.945. The molecule has 1 aromatic carbocycles. The summed E-state index contributed by atoms with van der Waals surface area (Å²) in [5, 5.41) is 8.58. The fourth-order valence-electron chi connectivity index (χ4n) is 3.03. The van der Waals surface area contributed by atoms with Crippen molar-refractivity contribution in [2.75, 3.05) is 0 Å². The SMILES string of the molecule is CC(C)(C)OC(=O)c1cccc(CCCCCCCCCCCC(=O)O)c1. The number of carbonyl (C=O) groups excluding carboxylic acids is 1. The normalized spacial score (nSPS) is 11.4. The highest BCUT2D eigenvalue weighted by Crippen LogP contribution is 2.16. The fourth-order valence-corrected chi connectivity index (χ4v) is 3.03. The third-order valence-electron chi connectivity index (χ3n) is 4.42. The first-order valence-corrected chi connectivity index (χ1v) is 10.3. The van der Waals surface area contributed by atoms with Gasteiger partial charge in [-0.2, -0.15) is 0 Å². The Hall–Kier alpha value is -1.84. The van der Waals surface area contributed by atoms with Crippen LogP contribution in [0.2, 0.25) is 0 Å². The van der Waals surface area contributed by atoms with Crippen molar-refractivity contribution in [3.05, 3.63) is 35.4 Å². The maximum absolute atomic E-state index is 12.1. The number of aryl methyl sites for hydroxylation is 1. The number of carboxylic acids is 1. The quantitative estimate of drug-likeness (QED) is 0.330. The largest absolute Gasteiger partial charge is 0.481 e. The Morgan fingerprint density at radius 1 is 0.889 bits per heavy atom. The minimum Gasteiger partial charge on any atom is -0.481 e. The second-order valence-electron chi connectivity index (χ2n) is 8.28. The molecule has 0 saturated carbocycles. The summed E-state index contributed by atoms with van der Waals surface area (Å²) < 4.78 is 5.43. The van der Waals surface area contributed by atoms with Crippen molar-refractivity contribution in [3.63, 3.8) is 0 Å². The van der Waals surface area contributed by atoms with Crippen molar-refractivity contribution in [1.82, 2.24) is 0 Å². The molecular formula is C23H36O4. The zero-order chi connectivity index (χ0) is 20.1. The Bertz CT molecular complexity index is 572. The van der Waals surface area contributed by atoms with Crippen LogP contribution in [0.25, 0.3) is 0 Å². The molecule has 1 rings (SSSR count). The smallest absolute Gasteiger partial charge is 0.338 e. The zero-order valence-electron chi connectivity index (χ0n) is 17.3. The lowest BCUT2D eigenvalue weighted by Gasteiger charge is -2.19. The molecule has 4 nitrogen and oxygen atoms in total. The van der Waals surface area contributed by atoms with E-state index in [2.05, 4.69) is 6.07 Å². The molecule has 0 heterocycles. The Labute approximate surface area is 164 Å². The van der Waals surface area contributed by atoms with Crippen LogP contribution in [0, 0.1) is 0 Å². The van der Waals surface area contributed by atoms with Gasteiger partial charge in [-0.05, 0) is 57.7 Å². The summed E-state index contributed by atoms with van der Waals surface area (Å²) >= 11 is 0. The average molecular weight is 377 g/mol. The van der Waals surface area contributed by atoms with Crippen LogP contribution in [0.3, 0.4) is 0 Å². The molecule has 0 aliphatic rings. The number of hydrogen-bond donors (Lipinski definition) is 1. The van der Waals surface area contributed by atoms with Gasteiger partial charge in [0.1, 0.15) is 5.60 Å². The molecule has 27 heavy (non-hydrogen) atoms. The monoisotopic (exact) mass is 376 g/mol. The van der Waals surface area contributed by atoms with E-state index < -0.39 is 11.6 Å². The van der Waals surface area contributed by atoms with E-state index in [9.17, 15) is 9.59 Å². The van der Waals surface area contributed by atoms with Gasteiger partial charge in [-0.15, -0.1) is 0 Å². The van der Waals surface area contributed by atoms with Crippen molar-refractivity contribution in [2.24, 2.45) is 0 Å². The molecule has 0 saturated heterocycles. The van der Waals surface area contributed by atoms with E-state index in [0.717, 1.165) is 32.1 Å². The molecule has 0 atom stereocenters. The molecule has 0 amide bonds. The molecule has 0 spiro atoms. The average Bonchev–Trinajstić information content (AvgIpc) is 2.58. The van der Waals surface area contributed by atoms with E-state index in [1.165, 1.54) is 37.7 Å². The van der Waals surface area contributed by atoms with Gasteiger partial charge in [0.05, 0.1) is 5.56 Å². The fraction of sp³-hybridized carbons (Fsp3) is 0.652. The van der Waals surface area contributed by atoms with Gasteiger partial charge in [-0.3, -0.25) is 4.79 Å². The summed E-state index contributed by atoms with van der Waals surface area (Å²) in [4.78, 5) is 22.6. The van der Waals surface area contributed by atoms with E-state index >= 15 is 0 Å². The first-order chi connectivity index (χ1) is 12.8. The van der Waals surface area contributed by atoms with Gasteiger partial charge in [-0.1, -0.05) is 57.1 Å². The van der Waals surface area contributed by atoms with E-state index in [1.807, 2.05) is 39.0 Å². The Kier molecular flexibility index (Phi) is 10.8. The molecule has 0 aliphatic carbocycles. The highest BCUT2D eigenvalue weighted by molar-refractivity contribution is 5.89. The molecule has 0 aliphatic heterocycles. The molecule has 152 valence electrons. The van der Waals surface area contributed by atoms with Crippen molar-refractivity contribution in [2.45, 2.75) is 97.0 Å². The zero-order valence-corrected chi connectivity index (χ0v) is 17.3. The highest BCUT2D eigenvalue weighted by Gasteiger charge is 2.17. The van der Waals surface area contributed by atoms with Gasteiger partial charge >= 0.3 is 11.9 Å². The number of carboxylic acid groups (broad SMARTS) is 1. The van der Waals surface area contributed by atoms with Crippen molar-refractivity contribution in [1.29, 1.82) is 0 Å². The number of unbranched alkanes of at least 4 members (excludes halogenated alkanes) is 8. The lowest BCUT2D eigenvalue weighted by atomic mass is 10.0. The summed E-state index contributed by atoms with van der Waals surface area (Å²) in [5.41, 5.74) is 1.35. The van der Waals surface area contributed by atoms with Crippen LogP contribution in [0.15, 0.2) is 24.3 Å². The van der Waals surface area contributed by atoms with Crippen LogP contribution >= 0.6 is 0 Å². The lowest BCUT2D eigenvalue weighted by molar-refractivity contribution is -0.137. The maximum atomic E-state index is 12.1. The molecular weight excluding hydrogens is 340 g/mol. The minimum atomic E-state index is -0.688. The van der Waals surface area contributed by atoms with Crippen LogP contribution < -0.4 is 0 Å². The van der Waals surface area contributed by atoms with Gasteiger partial charge in [0.25, 0.3) is 0 Å². The summed E-state index contributed by atoms with van der Waals surface area (Å²) in [6, 6.07) is 7.77. The number of ether oxygens (including phenoxy) is 1. The molecule has 0 aromatic heterocycles. The van der Waals surface area contributed by atoms with Gasteiger partial charge in [0.2, 0.25) is 0 Å². The predicted molar refractivity (Wildman–Crippen MR) is 109 cm³/mol. The topological polar surface area (TPSA) is 63.6 Å². The Morgan fingerprint density at radius 3 is 2.00 bits per heavy atom. The Balaban J connectivity index is 2.12. The van der Waals surface area contributed by atoms with Crippen molar-refractivity contribution >= 4 is 11.9 Å². The summed E-state index contributed by atoms with van der Waals surface area (Å²) in [6.07, 6.45) is 11.5. The maximum Gasteiger partial charge on any atom is 0.338 e. The first kappa shape index (κ1) is 23.2. The van der Waals surface area contributed by atoms with Crippen molar-refractivity contribution in [3.8, 4) is 0 Å². The van der Waals surface area contributed by atoms with Gasteiger partial charge in [-0.25, -0.2) is 4.79 Å². The van der Waals surface area contributed by atoms with Gasteiger partial charge < -0.3 is 9.84 Å². The third-order valence-corrected chi connectivity index (χ3v) is 4.42. The summed E-state index contributed by atoms with van der Waals surface area (Å²) in [7, 11) is 0. The molecule has 0 radical (unpaired) electrons. The second kappa shape index (κ2) is 12.5. The second-order valence-corrected chi connectivity index (χ2v) is 8.28. The third kappa shape index (κ3) is 12.2. The first-order valence-electron chi connectivity index (χ1n) is 10.3. The molecule has 0 bridgehead atoms. The van der Waals surface area contributed by atoms with E-state index in [0.29, 0.717) is 12.0 Å². The van der Waals surface area contributed by atoms with Crippen molar-refractivity contribution < 1.29 is 19.4 Å². The molecule has 0 unspecified atom stereocenters. The molecule has 1 N–H and O–H groups in total. The van der Waals surface area contributed by atoms with Crippen LogP contribution in [0.1, 0.15) is 101 Å². The minimum absolute atomic E-state index is 0.257. The standard InChI is InChI=1S/C23H36O4/c1-23(2,3)27-22(26)20-16-13-15-19(18-20)14-11-9-7-5-4-6-8-10-12-17-21(24)25/h13,15-16,18H,4-12,14,17H2,1-3H3,(H,24,25). The van der Waals surface area contributed by atoms with Gasteiger partial charge in [0, 0.05) is 6.42 Å². The molecule has 4 heteroatoms. The Morgan fingerprint density at radius 2 is 1.44 bits per heavy atom. The highest BCUT2D eigenvalue weighted by atomic mass is 16.6. The van der Waals surface area contributed by atoms with Crippen LogP contribution in [0.4, 0.5) is 0 Å². The number of rotatable bonds is 13. The summed E-state index contributed by atoms with van der Waals surface area (Å²) in [6.45, 7) is 5.64. The number of esters is 1. The molecule has 1 aromatic rings. The van der Waals surface area contributed by atoms with Crippen LogP contribution in [-0.2, 0) is 16.0 Å². The van der Waals surface area contributed by atoms with E-state index in [4.69, 9.17) is 9.84 Å². The van der Waals surface area contributed by atoms with E-state index in [-0.39, 0.29) is 5.97 Å². The van der Waals surface area contributed by atoms with Crippen LogP contribution in [0.5, 0.6) is 0 Å².